The van der Waals surface area contributed by atoms with Crippen LogP contribution in [-0.4, -0.2) is 4.92 Å². The normalized spacial score (nSPS) is 11.4. The SMILES string of the molecule is O=[N+]([O-])c1ccc(Cl)c(-c2ccc(C(F)(F)F)cc2)c1. The topological polar surface area (TPSA) is 43.1 Å². The van der Waals surface area contributed by atoms with E-state index in [2.05, 4.69) is 0 Å². The quantitative estimate of drug-likeness (QED) is 0.583. The van der Waals surface area contributed by atoms with Crippen molar-refractivity contribution in [1.82, 2.24) is 0 Å². The van der Waals surface area contributed by atoms with Crippen LogP contribution in [-0.2, 0) is 6.18 Å². The van der Waals surface area contributed by atoms with Gasteiger partial charge in [-0.15, -0.1) is 0 Å². The summed E-state index contributed by atoms with van der Waals surface area (Å²) in [6.45, 7) is 0. The summed E-state index contributed by atoms with van der Waals surface area (Å²) in [5.74, 6) is 0. The Morgan fingerprint density at radius 3 is 2.15 bits per heavy atom. The number of alkyl halides is 3. The van der Waals surface area contributed by atoms with Crippen molar-refractivity contribution in [3.63, 3.8) is 0 Å². The van der Waals surface area contributed by atoms with Crippen LogP contribution in [0.25, 0.3) is 11.1 Å². The zero-order chi connectivity index (χ0) is 14.9. The van der Waals surface area contributed by atoms with Crippen molar-refractivity contribution in [3.8, 4) is 11.1 Å². The van der Waals surface area contributed by atoms with E-state index in [0.29, 0.717) is 11.1 Å². The van der Waals surface area contributed by atoms with Crippen molar-refractivity contribution in [3.05, 3.63) is 63.2 Å². The highest BCUT2D eigenvalue weighted by atomic mass is 35.5. The van der Waals surface area contributed by atoms with E-state index in [0.717, 1.165) is 12.1 Å². The summed E-state index contributed by atoms with van der Waals surface area (Å²) < 4.78 is 37.4. The van der Waals surface area contributed by atoms with Gasteiger partial charge in [-0.1, -0.05) is 23.7 Å². The molecule has 0 unspecified atom stereocenters. The number of nitrogens with zero attached hydrogens (tertiary/aromatic N) is 1. The van der Waals surface area contributed by atoms with E-state index in [-0.39, 0.29) is 10.7 Å². The van der Waals surface area contributed by atoms with E-state index in [1.165, 1.54) is 30.3 Å². The molecular weight excluding hydrogens is 295 g/mol. The average Bonchev–Trinajstić information content (AvgIpc) is 2.38. The van der Waals surface area contributed by atoms with Crippen LogP contribution in [0.15, 0.2) is 42.5 Å². The number of nitro groups is 1. The smallest absolute Gasteiger partial charge is 0.258 e. The minimum Gasteiger partial charge on any atom is -0.258 e. The van der Waals surface area contributed by atoms with Gasteiger partial charge < -0.3 is 0 Å². The van der Waals surface area contributed by atoms with Gasteiger partial charge >= 0.3 is 6.18 Å². The summed E-state index contributed by atoms with van der Waals surface area (Å²) in [6.07, 6.45) is -4.43. The lowest BCUT2D eigenvalue weighted by atomic mass is 10.0. The van der Waals surface area contributed by atoms with Crippen LogP contribution in [0, 0.1) is 10.1 Å². The molecule has 0 aliphatic heterocycles. The maximum Gasteiger partial charge on any atom is 0.416 e. The number of hydrogen-bond acceptors (Lipinski definition) is 2. The molecule has 2 rings (SSSR count). The Hall–Kier alpha value is -2.08. The van der Waals surface area contributed by atoms with E-state index in [1.54, 1.807) is 0 Å². The molecule has 0 N–H and O–H groups in total. The maximum absolute atomic E-state index is 12.5. The fraction of sp³-hybridized carbons (Fsp3) is 0.0769. The molecule has 0 bridgehead atoms. The molecule has 0 amide bonds. The number of non-ortho nitro benzene ring substituents is 1. The monoisotopic (exact) mass is 301 g/mol. The molecule has 2 aromatic rings. The number of nitro benzene ring substituents is 1. The lowest BCUT2D eigenvalue weighted by Gasteiger charge is -2.08. The van der Waals surface area contributed by atoms with E-state index < -0.39 is 16.7 Å². The van der Waals surface area contributed by atoms with Crippen LogP contribution in [0.4, 0.5) is 18.9 Å². The van der Waals surface area contributed by atoms with E-state index >= 15 is 0 Å². The average molecular weight is 302 g/mol. The number of rotatable bonds is 2. The second-order valence-electron chi connectivity index (χ2n) is 4.00. The van der Waals surface area contributed by atoms with Gasteiger partial charge in [0, 0.05) is 22.7 Å². The Balaban J connectivity index is 2.46. The number of hydrogen-bond donors (Lipinski definition) is 0. The molecular formula is C13H7ClF3NO2. The molecule has 0 radical (unpaired) electrons. The molecule has 0 aliphatic carbocycles. The fourth-order valence-corrected chi connectivity index (χ4v) is 1.91. The molecule has 0 aliphatic rings. The van der Waals surface area contributed by atoms with Crippen LogP contribution in [0.3, 0.4) is 0 Å². The first-order chi connectivity index (χ1) is 9.29. The van der Waals surface area contributed by atoms with Crippen LogP contribution >= 0.6 is 11.6 Å². The van der Waals surface area contributed by atoms with Gasteiger partial charge in [-0.25, -0.2) is 0 Å². The van der Waals surface area contributed by atoms with Gasteiger partial charge in [0.15, 0.2) is 0 Å². The summed E-state index contributed by atoms with van der Waals surface area (Å²) in [6, 6.07) is 8.07. The van der Waals surface area contributed by atoms with Crippen molar-refractivity contribution in [1.29, 1.82) is 0 Å². The third kappa shape index (κ3) is 2.91. The second-order valence-corrected chi connectivity index (χ2v) is 4.40. The first-order valence-corrected chi connectivity index (χ1v) is 5.78. The Morgan fingerprint density at radius 1 is 1.05 bits per heavy atom. The molecule has 0 atom stereocenters. The van der Waals surface area contributed by atoms with Crippen LogP contribution in [0.1, 0.15) is 5.56 Å². The Morgan fingerprint density at radius 2 is 1.65 bits per heavy atom. The summed E-state index contributed by atoms with van der Waals surface area (Å²) in [4.78, 5) is 10.1. The zero-order valence-electron chi connectivity index (χ0n) is 9.82. The Labute approximate surface area is 116 Å². The molecule has 0 saturated carbocycles. The summed E-state index contributed by atoms with van der Waals surface area (Å²) in [7, 11) is 0. The number of benzene rings is 2. The molecule has 0 fully saturated rings. The van der Waals surface area contributed by atoms with Crippen molar-refractivity contribution in [2.24, 2.45) is 0 Å². The molecule has 3 nitrogen and oxygen atoms in total. The predicted octanol–water partition coefficient (Wildman–Crippen LogP) is 4.93. The minimum atomic E-state index is -4.43. The summed E-state index contributed by atoms with van der Waals surface area (Å²) >= 11 is 5.92. The Kier molecular flexibility index (Phi) is 3.67. The standard InChI is InChI=1S/C13H7ClF3NO2/c14-12-6-5-10(18(19)20)7-11(12)8-1-3-9(4-2-8)13(15,16)17/h1-7H. The third-order valence-electron chi connectivity index (χ3n) is 2.68. The highest BCUT2D eigenvalue weighted by Crippen LogP contribution is 2.34. The van der Waals surface area contributed by atoms with E-state index in [4.69, 9.17) is 11.6 Å². The molecule has 0 saturated heterocycles. The molecule has 104 valence electrons. The van der Waals surface area contributed by atoms with Gasteiger partial charge in [0.05, 0.1) is 10.5 Å². The minimum absolute atomic E-state index is 0.177. The van der Waals surface area contributed by atoms with Crippen LogP contribution in [0.5, 0.6) is 0 Å². The van der Waals surface area contributed by atoms with Crippen molar-refractivity contribution < 1.29 is 18.1 Å². The zero-order valence-corrected chi connectivity index (χ0v) is 10.6. The van der Waals surface area contributed by atoms with Gasteiger partial charge in [0.2, 0.25) is 0 Å². The lowest BCUT2D eigenvalue weighted by molar-refractivity contribution is -0.384. The predicted molar refractivity (Wildman–Crippen MR) is 68.5 cm³/mol. The second kappa shape index (κ2) is 5.13. The maximum atomic E-state index is 12.5. The van der Waals surface area contributed by atoms with Gasteiger partial charge in [-0.2, -0.15) is 13.2 Å². The summed E-state index contributed by atoms with van der Waals surface area (Å²) in [5, 5.41) is 10.9. The van der Waals surface area contributed by atoms with Gasteiger partial charge in [0.1, 0.15) is 0 Å². The molecule has 0 aromatic heterocycles. The van der Waals surface area contributed by atoms with Crippen molar-refractivity contribution in [2.45, 2.75) is 6.18 Å². The first kappa shape index (κ1) is 14.3. The van der Waals surface area contributed by atoms with Gasteiger partial charge in [-0.3, -0.25) is 10.1 Å². The first-order valence-electron chi connectivity index (χ1n) is 5.40. The highest BCUT2D eigenvalue weighted by molar-refractivity contribution is 6.33. The number of halogens is 4. The lowest BCUT2D eigenvalue weighted by Crippen LogP contribution is -2.04. The van der Waals surface area contributed by atoms with Crippen LogP contribution in [0.2, 0.25) is 5.02 Å². The molecule has 0 spiro atoms. The summed E-state index contributed by atoms with van der Waals surface area (Å²) in [5.41, 5.74) is -0.270. The Bertz CT molecular complexity index is 654. The third-order valence-corrected chi connectivity index (χ3v) is 3.01. The highest BCUT2D eigenvalue weighted by Gasteiger charge is 2.30. The molecule has 2 aromatic carbocycles. The van der Waals surface area contributed by atoms with Gasteiger partial charge in [0.25, 0.3) is 5.69 Å². The molecule has 0 heterocycles. The molecule has 20 heavy (non-hydrogen) atoms. The van der Waals surface area contributed by atoms with E-state index in [9.17, 15) is 23.3 Å². The van der Waals surface area contributed by atoms with Gasteiger partial charge in [-0.05, 0) is 23.8 Å². The molecule has 7 heteroatoms. The fourth-order valence-electron chi connectivity index (χ4n) is 1.69. The van der Waals surface area contributed by atoms with Crippen molar-refractivity contribution >= 4 is 17.3 Å². The van der Waals surface area contributed by atoms with Crippen LogP contribution < -0.4 is 0 Å². The van der Waals surface area contributed by atoms with Crippen molar-refractivity contribution in [2.75, 3.05) is 0 Å². The van der Waals surface area contributed by atoms with E-state index in [1.807, 2.05) is 0 Å². The largest absolute Gasteiger partial charge is 0.416 e.